The van der Waals surface area contributed by atoms with Gasteiger partial charge in [0.05, 0.1) is 21.6 Å². The number of carboxylic acid groups (broad SMARTS) is 1. The molecule has 2 heterocycles. The average Bonchev–Trinajstić information content (AvgIpc) is 3.28. The van der Waals surface area contributed by atoms with E-state index < -0.39 is 17.6 Å². The van der Waals surface area contributed by atoms with Gasteiger partial charge in [0.2, 0.25) is 5.82 Å². The van der Waals surface area contributed by atoms with Crippen LogP contribution in [0.15, 0.2) is 79.4 Å². The molecule has 0 aliphatic carbocycles. The second-order valence-corrected chi connectivity index (χ2v) is 9.74. The molecular formula is C26H16BrCl2N3O5. The minimum absolute atomic E-state index is 0.162. The highest BCUT2D eigenvalue weighted by molar-refractivity contribution is 9.10. The van der Waals surface area contributed by atoms with Crippen molar-refractivity contribution in [3.63, 3.8) is 0 Å². The van der Waals surface area contributed by atoms with Gasteiger partial charge in [-0.05, 0) is 71.4 Å². The number of furan rings is 1. The van der Waals surface area contributed by atoms with Crippen LogP contribution in [0.5, 0.6) is 5.75 Å². The number of aromatic nitrogens is 2. The molecule has 37 heavy (non-hydrogen) atoms. The lowest BCUT2D eigenvalue weighted by molar-refractivity contribution is -0.144. The van der Waals surface area contributed by atoms with Crippen LogP contribution in [0.4, 0.5) is 0 Å². The van der Waals surface area contributed by atoms with Crippen molar-refractivity contribution in [2.75, 3.05) is 0 Å². The second-order valence-electron chi connectivity index (χ2n) is 8.01. The van der Waals surface area contributed by atoms with Crippen LogP contribution in [0.3, 0.4) is 0 Å². The number of carbonyl (C=O) groups is 1. The fraction of sp³-hybridized carbons (Fsp3) is 0.0769. The molecule has 0 radical (unpaired) electrons. The first-order chi connectivity index (χ1) is 17.7. The Kier molecular flexibility index (Phi) is 6.76. The zero-order chi connectivity index (χ0) is 26.3. The van der Waals surface area contributed by atoms with E-state index in [4.69, 9.17) is 32.4 Å². The third-order valence-corrected chi connectivity index (χ3v) is 6.49. The molecule has 5 rings (SSSR count). The van der Waals surface area contributed by atoms with Crippen molar-refractivity contribution in [1.82, 2.24) is 9.66 Å². The van der Waals surface area contributed by atoms with Crippen LogP contribution >= 0.6 is 39.1 Å². The van der Waals surface area contributed by atoms with Gasteiger partial charge in [0.1, 0.15) is 11.3 Å². The molecule has 5 aromatic rings. The van der Waals surface area contributed by atoms with Crippen LogP contribution in [0.25, 0.3) is 33.5 Å². The van der Waals surface area contributed by atoms with Crippen LogP contribution < -0.4 is 10.3 Å². The summed E-state index contributed by atoms with van der Waals surface area (Å²) in [5.41, 5.74) is 0.944. The smallest absolute Gasteiger partial charge is 0.344 e. The predicted molar refractivity (Wildman–Crippen MR) is 146 cm³/mol. The molecule has 0 spiro atoms. The summed E-state index contributed by atoms with van der Waals surface area (Å²) in [6.07, 6.45) is 0.203. The normalized spacial score (nSPS) is 12.4. The van der Waals surface area contributed by atoms with E-state index in [1.54, 1.807) is 60.7 Å². The van der Waals surface area contributed by atoms with Crippen LogP contribution in [-0.4, -0.2) is 33.1 Å². The van der Waals surface area contributed by atoms with Crippen LogP contribution in [0.1, 0.15) is 12.5 Å². The standard InChI is InChI=1S/C26H16BrCl2N3O5/c1-13(26(34)35)36-23-15(9-17(29)11-19(23)27)12-30-32-24(31-20-5-3-2-4-18(20)25(32)33)22-10-14-8-16(28)6-7-21(14)37-22/h2-13H,1H3,(H,34,35)/t13-/m0/s1. The average molecular weight is 601 g/mol. The topological polar surface area (TPSA) is 107 Å². The molecular weight excluding hydrogens is 585 g/mol. The van der Waals surface area contributed by atoms with Crippen molar-refractivity contribution in [3.05, 3.63) is 91.1 Å². The molecule has 11 heteroatoms. The Bertz CT molecular complexity index is 1780. The lowest BCUT2D eigenvalue weighted by Gasteiger charge is -2.15. The Morgan fingerprint density at radius 3 is 2.73 bits per heavy atom. The minimum Gasteiger partial charge on any atom is -0.479 e. The van der Waals surface area contributed by atoms with E-state index in [-0.39, 0.29) is 11.6 Å². The molecule has 186 valence electrons. The summed E-state index contributed by atoms with van der Waals surface area (Å²) in [6.45, 7) is 1.40. The Morgan fingerprint density at radius 1 is 1.16 bits per heavy atom. The first kappa shape index (κ1) is 25.0. The van der Waals surface area contributed by atoms with E-state index in [9.17, 15) is 14.7 Å². The highest BCUT2D eigenvalue weighted by atomic mass is 79.9. The third kappa shape index (κ3) is 4.98. The monoisotopic (exact) mass is 599 g/mol. The molecule has 0 saturated heterocycles. The number of halogens is 3. The molecule has 3 aromatic carbocycles. The number of para-hydroxylation sites is 1. The zero-order valence-electron chi connectivity index (χ0n) is 19.0. The lowest BCUT2D eigenvalue weighted by Crippen LogP contribution is -2.24. The highest BCUT2D eigenvalue weighted by Gasteiger charge is 2.19. The van der Waals surface area contributed by atoms with E-state index in [1.165, 1.54) is 13.1 Å². The Labute approximate surface area is 227 Å². The lowest BCUT2D eigenvalue weighted by atomic mass is 10.2. The van der Waals surface area contributed by atoms with Crippen LogP contribution in [0, 0.1) is 0 Å². The van der Waals surface area contributed by atoms with Gasteiger partial charge in [-0.25, -0.2) is 9.78 Å². The van der Waals surface area contributed by atoms with Crippen molar-refractivity contribution >= 4 is 73.2 Å². The largest absolute Gasteiger partial charge is 0.479 e. The van der Waals surface area contributed by atoms with E-state index >= 15 is 0 Å². The molecule has 0 unspecified atom stereocenters. The van der Waals surface area contributed by atoms with E-state index in [0.29, 0.717) is 42.3 Å². The first-order valence-corrected chi connectivity index (χ1v) is 12.4. The maximum absolute atomic E-state index is 13.5. The first-order valence-electron chi connectivity index (χ1n) is 10.9. The summed E-state index contributed by atoms with van der Waals surface area (Å²) in [5.74, 6) is -0.480. The zero-order valence-corrected chi connectivity index (χ0v) is 22.1. The second kappa shape index (κ2) is 10.0. The molecule has 0 aliphatic heterocycles. The van der Waals surface area contributed by atoms with Gasteiger partial charge < -0.3 is 14.3 Å². The number of ether oxygens (including phenoxy) is 1. The van der Waals surface area contributed by atoms with Crippen LogP contribution in [-0.2, 0) is 4.79 Å². The number of hydrogen-bond acceptors (Lipinski definition) is 6. The van der Waals surface area contributed by atoms with Crippen molar-refractivity contribution in [1.29, 1.82) is 0 Å². The molecule has 8 nitrogen and oxygen atoms in total. The Balaban J connectivity index is 1.70. The molecule has 2 aromatic heterocycles. The Morgan fingerprint density at radius 2 is 1.95 bits per heavy atom. The van der Waals surface area contributed by atoms with Gasteiger partial charge in [-0.15, -0.1) is 0 Å². The summed E-state index contributed by atoms with van der Waals surface area (Å²) in [6, 6.07) is 16.9. The van der Waals surface area contributed by atoms with Crippen molar-refractivity contribution in [2.45, 2.75) is 13.0 Å². The van der Waals surface area contributed by atoms with Crippen molar-refractivity contribution < 1.29 is 19.1 Å². The van der Waals surface area contributed by atoms with Gasteiger partial charge in [-0.2, -0.15) is 9.78 Å². The highest BCUT2D eigenvalue weighted by Crippen LogP contribution is 2.33. The quantitative estimate of drug-likeness (QED) is 0.220. The van der Waals surface area contributed by atoms with Gasteiger partial charge >= 0.3 is 5.97 Å². The van der Waals surface area contributed by atoms with Crippen LogP contribution in [0.2, 0.25) is 10.0 Å². The molecule has 0 bridgehead atoms. The fourth-order valence-corrected chi connectivity index (χ4v) is 4.77. The molecule has 1 N–H and O–H groups in total. The van der Waals surface area contributed by atoms with Gasteiger partial charge in [0.25, 0.3) is 5.56 Å². The van der Waals surface area contributed by atoms with Gasteiger partial charge in [0, 0.05) is 21.0 Å². The number of fused-ring (bicyclic) bond motifs is 2. The maximum atomic E-state index is 13.5. The number of benzene rings is 3. The Hall–Kier alpha value is -3.66. The molecule has 0 amide bonds. The summed E-state index contributed by atoms with van der Waals surface area (Å²) in [5, 5.41) is 15.7. The number of hydrogen-bond donors (Lipinski definition) is 1. The third-order valence-electron chi connectivity index (χ3n) is 5.44. The SMILES string of the molecule is C[C@H](Oc1c(Br)cc(Cl)cc1C=Nn1c(-c2cc3cc(Cl)ccc3o2)nc2ccccc2c1=O)C(=O)O. The van der Waals surface area contributed by atoms with Crippen molar-refractivity contribution in [3.8, 4) is 17.3 Å². The van der Waals surface area contributed by atoms with Gasteiger partial charge in [0.15, 0.2) is 11.9 Å². The maximum Gasteiger partial charge on any atom is 0.344 e. The summed E-state index contributed by atoms with van der Waals surface area (Å²) >= 11 is 15.7. The number of rotatable bonds is 6. The molecule has 1 atom stereocenters. The molecule has 0 aliphatic rings. The summed E-state index contributed by atoms with van der Waals surface area (Å²) < 4.78 is 13.1. The minimum atomic E-state index is -1.15. The number of aliphatic carboxylic acids is 1. The van der Waals surface area contributed by atoms with E-state index in [1.807, 2.05) is 0 Å². The number of carboxylic acids is 1. The molecule has 0 saturated carbocycles. The molecule has 0 fully saturated rings. The van der Waals surface area contributed by atoms with E-state index in [2.05, 4.69) is 26.0 Å². The summed E-state index contributed by atoms with van der Waals surface area (Å²) in [7, 11) is 0. The van der Waals surface area contributed by atoms with Gasteiger partial charge in [-0.3, -0.25) is 4.79 Å². The fourth-order valence-electron chi connectivity index (χ4n) is 3.66. The van der Waals surface area contributed by atoms with E-state index in [0.717, 1.165) is 10.1 Å². The van der Waals surface area contributed by atoms with Crippen molar-refractivity contribution in [2.24, 2.45) is 5.10 Å². The number of nitrogens with zero attached hydrogens (tertiary/aromatic N) is 3. The van der Waals surface area contributed by atoms with Gasteiger partial charge in [-0.1, -0.05) is 35.3 Å². The predicted octanol–water partition coefficient (Wildman–Crippen LogP) is 6.61. The summed E-state index contributed by atoms with van der Waals surface area (Å²) in [4.78, 5) is 29.5.